The number of benzene rings is 2. The number of aryl methyl sites for hydroxylation is 1. The summed E-state index contributed by atoms with van der Waals surface area (Å²) in [6.45, 7) is 0.664. The fraction of sp³-hybridized carbons (Fsp3) is 0.200. The first-order valence-corrected chi connectivity index (χ1v) is 11.5. The van der Waals surface area contributed by atoms with Crippen LogP contribution in [0.1, 0.15) is 32.8 Å². The van der Waals surface area contributed by atoms with E-state index in [0.29, 0.717) is 18.7 Å². The molecule has 0 unspecified atom stereocenters. The maximum Gasteiger partial charge on any atom is 0.258 e. The topological polar surface area (TPSA) is 107 Å². The van der Waals surface area contributed by atoms with Gasteiger partial charge in [0.2, 0.25) is 5.91 Å². The second kappa shape index (κ2) is 12.3. The van der Waals surface area contributed by atoms with Crippen molar-refractivity contribution in [2.24, 2.45) is 0 Å². The van der Waals surface area contributed by atoms with Gasteiger partial charge in [-0.25, -0.2) is 0 Å². The highest BCUT2D eigenvalue weighted by atomic mass is 35.5. The van der Waals surface area contributed by atoms with Crippen LogP contribution < -0.4 is 10.6 Å². The fourth-order valence-electron chi connectivity index (χ4n) is 3.23. The maximum atomic E-state index is 12.8. The summed E-state index contributed by atoms with van der Waals surface area (Å²) in [5.41, 5.74) is 2.05. The molecule has 8 nitrogen and oxygen atoms in total. The first kappa shape index (κ1) is 26.2. The Morgan fingerprint density at radius 2 is 1.77 bits per heavy atom. The summed E-state index contributed by atoms with van der Waals surface area (Å²) in [6.07, 6.45) is 5.22. The lowest BCUT2D eigenvalue weighted by Crippen LogP contribution is -2.15. The highest BCUT2D eigenvalue weighted by Gasteiger charge is 2.20. The smallest absolute Gasteiger partial charge is 0.258 e. The largest absolute Gasteiger partial charge is 0.323 e. The van der Waals surface area contributed by atoms with E-state index in [4.69, 9.17) is 23.2 Å². The van der Waals surface area contributed by atoms with Gasteiger partial charge in [0.1, 0.15) is 5.69 Å². The number of hydrogen-bond acceptors (Lipinski definition) is 5. The number of Topliss-reactive ketones (excluding diaryl/α,β-unsaturated/α-hetero) is 1. The van der Waals surface area contributed by atoms with Crippen LogP contribution in [0.5, 0.6) is 0 Å². The summed E-state index contributed by atoms with van der Waals surface area (Å²) in [7, 11) is 3.84. The van der Waals surface area contributed by atoms with Gasteiger partial charge in [0.15, 0.2) is 5.78 Å². The molecule has 3 aromatic rings. The lowest BCUT2D eigenvalue weighted by molar-refractivity contribution is -0.111. The van der Waals surface area contributed by atoms with Crippen LogP contribution in [0, 0.1) is 0 Å². The van der Waals surface area contributed by atoms with Crippen molar-refractivity contribution >= 4 is 52.2 Å². The molecule has 1 heterocycles. The molecule has 0 aliphatic rings. The van der Waals surface area contributed by atoms with Gasteiger partial charge < -0.3 is 15.5 Å². The van der Waals surface area contributed by atoms with Crippen molar-refractivity contribution < 1.29 is 14.4 Å². The Bertz CT molecular complexity index is 1230. The van der Waals surface area contributed by atoms with Crippen LogP contribution in [-0.4, -0.2) is 53.3 Å². The van der Waals surface area contributed by atoms with Crippen LogP contribution in [0.15, 0.2) is 60.8 Å². The van der Waals surface area contributed by atoms with Crippen LogP contribution in [-0.2, 0) is 11.2 Å². The second-order valence-electron chi connectivity index (χ2n) is 7.99. The van der Waals surface area contributed by atoms with Crippen molar-refractivity contribution in [3.8, 4) is 0 Å². The van der Waals surface area contributed by atoms with Gasteiger partial charge in [0.25, 0.3) is 5.91 Å². The Morgan fingerprint density at radius 3 is 2.49 bits per heavy atom. The zero-order valence-electron chi connectivity index (χ0n) is 19.3. The van der Waals surface area contributed by atoms with Crippen molar-refractivity contribution in [3.63, 3.8) is 0 Å². The summed E-state index contributed by atoms with van der Waals surface area (Å²) in [5.74, 6) is -1.00. The quantitative estimate of drug-likeness (QED) is 0.265. The number of hydrogen-bond donors (Lipinski definition) is 3. The van der Waals surface area contributed by atoms with Gasteiger partial charge in [-0.1, -0.05) is 47.5 Å². The minimum absolute atomic E-state index is 0.117. The number of aromatic nitrogens is 2. The molecule has 10 heteroatoms. The molecule has 0 spiro atoms. The predicted octanol–water partition coefficient (Wildman–Crippen LogP) is 4.84. The average molecular weight is 514 g/mol. The molecule has 3 rings (SSSR count). The molecule has 1 aromatic heterocycles. The van der Waals surface area contributed by atoms with E-state index in [1.807, 2.05) is 37.2 Å². The molecule has 0 bridgehead atoms. The monoisotopic (exact) mass is 513 g/mol. The van der Waals surface area contributed by atoms with E-state index in [9.17, 15) is 14.4 Å². The summed E-state index contributed by atoms with van der Waals surface area (Å²) >= 11 is 12.2. The number of likely N-dealkylation sites (N-methyl/N-ethyl adjacent to an activating group) is 1. The van der Waals surface area contributed by atoms with Gasteiger partial charge in [-0.2, -0.15) is 5.10 Å². The van der Waals surface area contributed by atoms with Gasteiger partial charge in [0.05, 0.1) is 27.5 Å². The van der Waals surface area contributed by atoms with Crippen LogP contribution in [0.25, 0.3) is 0 Å². The van der Waals surface area contributed by atoms with E-state index < -0.39 is 5.91 Å². The van der Waals surface area contributed by atoms with Crippen LogP contribution in [0.3, 0.4) is 0 Å². The number of ketones is 1. The van der Waals surface area contributed by atoms with Crippen molar-refractivity contribution in [1.29, 1.82) is 0 Å². The van der Waals surface area contributed by atoms with Crippen molar-refractivity contribution in [3.05, 3.63) is 87.7 Å². The minimum atomic E-state index is -0.542. The maximum absolute atomic E-state index is 12.8. The zero-order chi connectivity index (χ0) is 25.4. The highest BCUT2D eigenvalue weighted by Crippen LogP contribution is 2.26. The lowest BCUT2D eigenvalue weighted by Gasteiger charge is -2.09. The second-order valence-corrected chi connectivity index (χ2v) is 8.80. The number of H-pyrrole nitrogens is 1. The Balaban J connectivity index is 1.61. The predicted molar refractivity (Wildman–Crippen MR) is 138 cm³/mol. The molecule has 2 amide bonds. The molecular formula is C25H25Cl2N5O3. The summed E-state index contributed by atoms with van der Waals surface area (Å²) < 4.78 is 0. The number of carbonyl (C=O) groups is 3. The van der Waals surface area contributed by atoms with Gasteiger partial charge in [-0.15, -0.1) is 0 Å². The molecule has 0 saturated carbocycles. The standard InChI is InChI=1S/C25H25Cl2N5O3/c1-32(2)13-5-10-22(34)29-17-7-3-6-16(14-17)11-12-21(33)24-20(15-28-31-24)30-25(35)23-18(26)8-4-9-19(23)27/h3-10,14-15H,11-13H2,1-2H3,(H,28,31)(H,29,34)(H,30,35)/b10-5+. The molecule has 0 radical (unpaired) electrons. The van der Waals surface area contributed by atoms with Gasteiger partial charge in [0, 0.05) is 24.7 Å². The van der Waals surface area contributed by atoms with Crippen molar-refractivity contribution in [1.82, 2.24) is 15.1 Å². The minimum Gasteiger partial charge on any atom is -0.323 e. The third-order valence-corrected chi connectivity index (χ3v) is 5.56. The van der Waals surface area contributed by atoms with E-state index >= 15 is 0 Å². The molecule has 0 atom stereocenters. The Morgan fingerprint density at radius 1 is 1.06 bits per heavy atom. The molecule has 0 fully saturated rings. The number of anilines is 2. The van der Waals surface area contributed by atoms with E-state index in [2.05, 4.69) is 20.8 Å². The third kappa shape index (κ3) is 7.51. The van der Waals surface area contributed by atoms with Gasteiger partial charge in [-0.05, 0) is 50.3 Å². The van der Waals surface area contributed by atoms with Crippen LogP contribution >= 0.6 is 23.2 Å². The van der Waals surface area contributed by atoms with Crippen LogP contribution in [0.4, 0.5) is 11.4 Å². The summed E-state index contributed by atoms with van der Waals surface area (Å²) in [6, 6.07) is 12.0. The summed E-state index contributed by atoms with van der Waals surface area (Å²) in [5, 5.41) is 12.4. The highest BCUT2D eigenvalue weighted by molar-refractivity contribution is 6.40. The van der Waals surface area contributed by atoms with E-state index in [-0.39, 0.29) is 45.1 Å². The number of rotatable bonds is 10. The van der Waals surface area contributed by atoms with Crippen molar-refractivity contribution in [2.45, 2.75) is 12.8 Å². The van der Waals surface area contributed by atoms with Crippen LogP contribution in [0.2, 0.25) is 10.0 Å². The Hall–Kier alpha value is -3.46. The molecule has 0 aliphatic carbocycles. The number of amides is 2. The molecular weight excluding hydrogens is 489 g/mol. The molecule has 0 saturated heterocycles. The normalized spacial score (nSPS) is 11.1. The molecule has 0 aliphatic heterocycles. The first-order chi connectivity index (χ1) is 16.7. The Labute approximate surface area is 213 Å². The molecule has 35 heavy (non-hydrogen) atoms. The van der Waals surface area contributed by atoms with E-state index in [0.717, 1.165) is 5.56 Å². The third-order valence-electron chi connectivity index (χ3n) is 4.93. The average Bonchev–Trinajstić information content (AvgIpc) is 3.25. The number of halogens is 2. The summed E-state index contributed by atoms with van der Waals surface area (Å²) in [4.78, 5) is 39.5. The first-order valence-electron chi connectivity index (χ1n) is 10.8. The SMILES string of the molecule is CN(C)C/C=C/C(=O)Nc1cccc(CCC(=O)c2[nH]ncc2NC(=O)c2c(Cl)cccc2Cl)c1. The van der Waals surface area contributed by atoms with Gasteiger partial charge in [-0.3, -0.25) is 19.5 Å². The van der Waals surface area contributed by atoms with E-state index in [1.54, 1.807) is 30.3 Å². The molecule has 3 N–H and O–H groups in total. The zero-order valence-corrected chi connectivity index (χ0v) is 20.8. The number of carbonyl (C=O) groups excluding carboxylic acids is 3. The van der Waals surface area contributed by atoms with E-state index in [1.165, 1.54) is 12.3 Å². The molecule has 182 valence electrons. The number of nitrogens with zero attached hydrogens (tertiary/aromatic N) is 2. The fourth-order valence-corrected chi connectivity index (χ4v) is 3.80. The van der Waals surface area contributed by atoms with Crippen molar-refractivity contribution in [2.75, 3.05) is 31.3 Å². The number of nitrogens with one attached hydrogen (secondary N) is 3. The lowest BCUT2D eigenvalue weighted by atomic mass is 10.0. The molecule has 2 aromatic carbocycles. The Kier molecular flexibility index (Phi) is 9.19. The number of aromatic amines is 1. The van der Waals surface area contributed by atoms with Gasteiger partial charge >= 0.3 is 0 Å².